The molecule has 0 aliphatic carbocycles. The Labute approximate surface area is 122 Å². The molecule has 0 saturated carbocycles. The van der Waals surface area contributed by atoms with Gasteiger partial charge in [0.2, 0.25) is 0 Å². The van der Waals surface area contributed by atoms with Crippen LogP contribution < -0.4 is 5.32 Å². The van der Waals surface area contributed by atoms with E-state index in [4.69, 9.17) is 0 Å². The number of hydrogen-bond donors (Lipinski definition) is 1. The fraction of sp³-hybridized carbons (Fsp3) is 0.263. The van der Waals surface area contributed by atoms with E-state index in [-0.39, 0.29) is 6.04 Å². The quantitative estimate of drug-likeness (QED) is 0.707. The SMILES string of the molecule is CCCCNC(/C=C/c1ccccc1)c1ccccc1. The van der Waals surface area contributed by atoms with Gasteiger partial charge in [-0.15, -0.1) is 0 Å². The molecule has 1 N–H and O–H groups in total. The summed E-state index contributed by atoms with van der Waals surface area (Å²) in [4.78, 5) is 0. The molecule has 0 aromatic heterocycles. The van der Waals surface area contributed by atoms with Crippen molar-refractivity contribution in [3.8, 4) is 0 Å². The van der Waals surface area contributed by atoms with Crippen molar-refractivity contribution in [3.63, 3.8) is 0 Å². The number of unbranched alkanes of at least 4 members (excludes halogenated alkanes) is 1. The topological polar surface area (TPSA) is 12.0 Å². The van der Waals surface area contributed by atoms with Gasteiger partial charge in [0.05, 0.1) is 6.04 Å². The molecule has 0 radical (unpaired) electrons. The highest BCUT2D eigenvalue weighted by Gasteiger charge is 2.05. The third-order valence-corrected chi connectivity index (χ3v) is 3.33. The molecule has 0 fully saturated rings. The number of benzene rings is 2. The molecule has 0 heterocycles. The molecule has 0 bridgehead atoms. The highest BCUT2D eigenvalue weighted by molar-refractivity contribution is 5.50. The van der Waals surface area contributed by atoms with E-state index in [1.165, 1.54) is 24.0 Å². The molecule has 2 aromatic rings. The molecule has 1 unspecified atom stereocenters. The van der Waals surface area contributed by atoms with Crippen LogP contribution in [0.15, 0.2) is 66.7 Å². The average Bonchev–Trinajstić information content (AvgIpc) is 2.52. The van der Waals surface area contributed by atoms with Crippen molar-refractivity contribution in [2.24, 2.45) is 0 Å². The molecule has 1 heteroatoms. The van der Waals surface area contributed by atoms with Crippen molar-refractivity contribution in [2.75, 3.05) is 6.54 Å². The number of rotatable bonds is 7. The van der Waals surface area contributed by atoms with Crippen molar-refractivity contribution in [1.82, 2.24) is 5.32 Å². The van der Waals surface area contributed by atoms with E-state index in [0.29, 0.717) is 0 Å². The predicted octanol–water partition coefficient (Wildman–Crippen LogP) is 4.83. The van der Waals surface area contributed by atoms with Crippen LogP contribution in [0.3, 0.4) is 0 Å². The van der Waals surface area contributed by atoms with Gasteiger partial charge in [-0.05, 0) is 24.1 Å². The molecule has 20 heavy (non-hydrogen) atoms. The minimum Gasteiger partial charge on any atom is -0.307 e. The van der Waals surface area contributed by atoms with Crippen molar-refractivity contribution in [3.05, 3.63) is 77.9 Å². The van der Waals surface area contributed by atoms with Gasteiger partial charge >= 0.3 is 0 Å². The van der Waals surface area contributed by atoms with Crippen LogP contribution in [0, 0.1) is 0 Å². The normalized spacial score (nSPS) is 12.7. The Morgan fingerprint density at radius 3 is 2.25 bits per heavy atom. The number of hydrogen-bond acceptors (Lipinski definition) is 1. The Kier molecular flexibility index (Phi) is 6.07. The van der Waals surface area contributed by atoms with E-state index < -0.39 is 0 Å². The van der Waals surface area contributed by atoms with Crippen LogP contribution in [-0.4, -0.2) is 6.54 Å². The third-order valence-electron chi connectivity index (χ3n) is 3.33. The van der Waals surface area contributed by atoms with Gasteiger partial charge < -0.3 is 5.32 Å². The van der Waals surface area contributed by atoms with Gasteiger partial charge in [-0.2, -0.15) is 0 Å². The third kappa shape index (κ3) is 4.67. The molecule has 1 atom stereocenters. The van der Waals surface area contributed by atoms with Crippen LogP contribution >= 0.6 is 0 Å². The molecule has 2 aromatic carbocycles. The lowest BCUT2D eigenvalue weighted by atomic mass is 10.0. The van der Waals surface area contributed by atoms with E-state index in [0.717, 1.165) is 6.54 Å². The van der Waals surface area contributed by atoms with Crippen molar-refractivity contribution >= 4 is 6.08 Å². The summed E-state index contributed by atoms with van der Waals surface area (Å²) in [6, 6.07) is 21.3. The van der Waals surface area contributed by atoms with Crippen LogP contribution in [0.25, 0.3) is 6.08 Å². The van der Waals surface area contributed by atoms with Crippen LogP contribution in [0.1, 0.15) is 36.9 Å². The first-order valence-electron chi connectivity index (χ1n) is 7.41. The van der Waals surface area contributed by atoms with Gasteiger partial charge in [0.25, 0.3) is 0 Å². The number of nitrogens with one attached hydrogen (secondary N) is 1. The van der Waals surface area contributed by atoms with Gasteiger partial charge in [0.1, 0.15) is 0 Å². The molecular weight excluding hydrogens is 242 g/mol. The smallest absolute Gasteiger partial charge is 0.0509 e. The van der Waals surface area contributed by atoms with Crippen LogP contribution in [0.2, 0.25) is 0 Å². The van der Waals surface area contributed by atoms with Crippen LogP contribution in [-0.2, 0) is 0 Å². The molecule has 1 nitrogen and oxygen atoms in total. The van der Waals surface area contributed by atoms with E-state index in [1.54, 1.807) is 0 Å². The summed E-state index contributed by atoms with van der Waals surface area (Å²) in [5.41, 5.74) is 2.56. The van der Waals surface area contributed by atoms with E-state index >= 15 is 0 Å². The van der Waals surface area contributed by atoms with Crippen molar-refractivity contribution < 1.29 is 0 Å². The molecule has 0 saturated heterocycles. The maximum atomic E-state index is 3.62. The van der Waals surface area contributed by atoms with Crippen molar-refractivity contribution in [2.45, 2.75) is 25.8 Å². The first-order chi connectivity index (χ1) is 9.90. The van der Waals surface area contributed by atoms with Crippen LogP contribution in [0.4, 0.5) is 0 Å². The van der Waals surface area contributed by atoms with Gasteiger partial charge in [-0.25, -0.2) is 0 Å². The average molecular weight is 265 g/mol. The first-order valence-corrected chi connectivity index (χ1v) is 7.41. The molecule has 0 amide bonds. The summed E-state index contributed by atoms with van der Waals surface area (Å²) < 4.78 is 0. The maximum absolute atomic E-state index is 3.62. The lowest BCUT2D eigenvalue weighted by Gasteiger charge is -2.15. The van der Waals surface area contributed by atoms with E-state index in [1.807, 2.05) is 6.07 Å². The van der Waals surface area contributed by atoms with Gasteiger partial charge in [0, 0.05) is 0 Å². The Morgan fingerprint density at radius 2 is 1.60 bits per heavy atom. The molecular formula is C19H23N. The van der Waals surface area contributed by atoms with Crippen molar-refractivity contribution in [1.29, 1.82) is 0 Å². The second-order valence-corrected chi connectivity index (χ2v) is 4.97. The van der Waals surface area contributed by atoms with Gasteiger partial charge in [-0.3, -0.25) is 0 Å². The zero-order valence-corrected chi connectivity index (χ0v) is 12.1. The Bertz CT molecular complexity index is 502. The Morgan fingerprint density at radius 1 is 0.950 bits per heavy atom. The second-order valence-electron chi connectivity index (χ2n) is 4.97. The minimum atomic E-state index is 0.281. The summed E-state index contributed by atoms with van der Waals surface area (Å²) in [6.07, 6.45) is 6.87. The molecule has 2 rings (SSSR count). The Hall–Kier alpha value is -1.86. The molecule has 0 aliphatic heterocycles. The maximum Gasteiger partial charge on any atom is 0.0509 e. The highest BCUT2D eigenvalue weighted by Crippen LogP contribution is 2.16. The van der Waals surface area contributed by atoms with E-state index in [9.17, 15) is 0 Å². The lowest BCUT2D eigenvalue weighted by molar-refractivity contribution is 0.592. The fourth-order valence-electron chi connectivity index (χ4n) is 2.16. The summed E-state index contributed by atoms with van der Waals surface area (Å²) in [5.74, 6) is 0. The molecule has 104 valence electrons. The summed E-state index contributed by atoms with van der Waals surface area (Å²) >= 11 is 0. The second kappa shape index (κ2) is 8.34. The monoisotopic (exact) mass is 265 g/mol. The summed E-state index contributed by atoms with van der Waals surface area (Å²) in [5, 5.41) is 3.62. The molecule has 0 aliphatic rings. The zero-order chi connectivity index (χ0) is 14.0. The highest BCUT2D eigenvalue weighted by atomic mass is 14.9. The Balaban J connectivity index is 2.08. The zero-order valence-electron chi connectivity index (χ0n) is 12.1. The summed E-state index contributed by atoms with van der Waals surface area (Å²) in [7, 11) is 0. The predicted molar refractivity (Wildman–Crippen MR) is 87.6 cm³/mol. The lowest BCUT2D eigenvalue weighted by Crippen LogP contribution is -2.20. The standard InChI is InChI=1S/C19H23N/c1-2-3-16-20-19(18-12-8-5-9-13-18)15-14-17-10-6-4-7-11-17/h4-15,19-20H,2-3,16H2,1H3/b15-14+. The van der Waals surface area contributed by atoms with Gasteiger partial charge in [0.15, 0.2) is 0 Å². The minimum absolute atomic E-state index is 0.281. The molecule has 0 spiro atoms. The van der Waals surface area contributed by atoms with Crippen LogP contribution in [0.5, 0.6) is 0 Å². The van der Waals surface area contributed by atoms with E-state index in [2.05, 4.69) is 79.0 Å². The van der Waals surface area contributed by atoms with Gasteiger partial charge in [-0.1, -0.05) is 86.2 Å². The largest absolute Gasteiger partial charge is 0.307 e. The first kappa shape index (κ1) is 14.5. The fourth-order valence-corrected chi connectivity index (χ4v) is 2.16. The summed E-state index contributed by atoms with van der Waals surface area (Å²) in [6.45, 7) is 3.27.